The van der Waals surface area contributed by atoms with Crippen molar-refractivity contribution >= 4 is 23.3 Å². The van der Waals surface area contributed by atoms with E-state index in [-0.39, 0.29) is 0 Å². The topological polar surface area (TPSA) is 25.8 Å². The molecule has 0 aliphatic heterocycles. The number of hydrogen-bond acceptors (Lipinski definition) is 4. The molecule has 1 aromatic rings. The van der Waals surface area contributed by atoms with Gasteiger partial charge in [0, 0.05) is 10.6 Å². The van der Waals surface area contributed by atoms with E-state index in [0.717, 1.165) is 5.69 Å². The maximum atomic E-state index is 3.93. The van der Waals surface area contributed by atoms with Crippen molar-refractivity contribution < 1.29 is 0 Å². The summed E-state index contributed by atoms with van der Waals surface area (Å²) in [6.45, 7) is 2.13. The predicted octanol–water partition coefficient (Wildman–Crippen LogP) is 1.96. The van der Waals surface area contributed by atoms with Gasteiger partial charge in [-0.05, 0) is 24.7 Å². The molecule has 0 aromatic carbocycles. The third-order valence-corrected chi connectivity index (χ3v) is 2.62. The van der Waals surface area contributed by atoms with E-state index < -0.39 is 0 Å². The highest BCUT2D eigenvalue weighted by Gasteiger charge is 2.04. The van der Waals surface area contributed by atoms with Gasteiger partial charge < -0.3 is 0 Å². The molecule has 4 heteroatoms. The van der Waals surface area contributed by atoms with Crippen molar-refractivity contribution in [2.45, 2.75) is 12.2 Å². The molecule has 0 N–H and O–H groups in total. The van der Waals surface area contributed by atoms with Crippen molar-refractivity contribution in [3.05, 3.63) is 11.1 Å². The second-order valence-electron chi connectivity index (χ2n) is 1.71. The molecule has 1 unspecified atom stereocenters. The Bertz CT molecular complexity index is 161. The van der Waals surface area contributed by atoms with Crippen molar-refractivity contribution in [2.24, 2.45) is 0 Å². The molecule has 9 heavy (non-hydrogen) atoms. The van der Waals surface area contributed by atoms with Crippen LogP contribution in [-0.2, 0) is 0 Å². The van der Waals surface area contributed by atoms with Gasteiger partial charge in [-0.1, -0.05) is 4.49 Å². The molecule has 0 amide bonds. The van der Waals surface area contributed by atoms with Gasteiger partial charge in [-0.2, -0.15) is 11.8 Å². The van der Waals surface area contributed by atoms with Crippen LogP contribution < -0.4 is 0 Å². The van der Waals surface area contributed by atoms with Gasteiger partial charge in [-0.3, -0.25) is 0 Å². The summed E-state index contributed by atoms with van der Waals surface area (Å²) in [5.41, 5.74) is 1.09. The summed E-state index contributed by atoms with van der Waals surface area (Å²) in [7, 11) is 0. The molecule has 0 saturated heterocycles. The summed E-state index contributed by atoms with van der Waals surface area (Å²) in [5, 5.41) is 6.41. The Kier molecular flexibility index (Phi) is 2.48. The second kappa shape index (κ2) is 3.17. The van der Waals surface area contributed by atoms with Gasteiger partial charge in [0.1, 0.15) is 0 Å². The molecule has 0 saturated carbocycles. The first-order valence-corrected chi connectivity index (χ1v) is 4.76. The first-order chi connectivity index (χ1) is 4.34. The van der Waals surface area contributed by atoms with Gasteiger partial charge in [-0.15, -0.1) is 5.10 Å². The molecule has 0 aliphatic carbocycles. The molecule has 1 heterocycles. The van der Waals surface area contributed by atoms with Gasteiger partial charge in [0.2, 0.25) is 0 Å². The molecule has 0 radical (unpaired) electrons. The van der Waals surface area contributed by atoms with Gasteiger partial charge in [-0.25, -0.2) is 0 Å². The SMILES string of the molecule is CSC(C)c1csnn1. The largest absolute Gasteiger partial charge is 0.156 e. The molecular formula is C5H8N2S2. The Morgan fingerprint density at radius 2 is 2.56 bits per heavy atom. The molecule has 1 rings (SSSR count). The zero-order valence-corrected chi connectivity index (χ0v) is 7.00. The minimum atomic E-state index is 0.490. The van der Waals surface area contributed by atoms with Crippen molar-refractivity contribution in [3.63, 3.8) is 0 Å². The van der Waals surface area contributed by atoms with Crippen molar-refractivity contribution in [1.82, 2.24) is 9.59 Å². The second-order valence-corrected chi connectivity index (χ2v) is 3.50. The maximum Gasteiger partial charge on any atom is 0.0882 e. The van der Waals surface area contributed by atoms with Crippen LogP contribution in [0.15, 0.2) is 5.38 Å². The van der Waals surface area contributed by atoms with E-state index in [0.29, 0.717) is 5.25 Å². The van der Waals surface area contributed by atoms with Crippen LogP contribution in [0.4, 0.5) is 0 Å². The highest BCUT2D eigenvalue weighted by Crippen LogP contribution is 2.23. The number of hydrogen-bond donors (Lipinski definition) is 0. The van der Waals surface area contributed by atoms with Crippen LogP contribution in [0.1, 0.15) is 17.9 Å². The van der Waals surface area contributed by atoms with E-state index in [1.807, 2.05) is 5.38 Å². The lowest BCUT2D eigenvalue weighted by Crippen LogP contribution is -1.86. The smallest absolute Gasteiger partial charge is 0.0882 e. The number of aromatic nitrogens is 2. The highest BCUT2D eigenvalue weighted by atomic mass is 32.2. The summed E-state index contributed by atoms with van der Waals surface area (Å²) < 4.78 is 3.77. The van der Waals surface area contributed by atoms with Crippen LogP contribution >= 0.6 is 23.3 Å². The number of rotatable bonds is 2. The van der Waals surface area contributed by atoms with Gasteiger partial charge in [0.05, 0.1) is 5.69 Å². The van der Waals surface area contributed by atoms with E-state index in [1.54, 1.807) is 11.8 Å². The monoisotopic (exact) mass is 160 g/mol. The summed E-state index contributed by atoms with van der Waals surface area (Å²) in [5.74, 6) is 0. The van der Waals surface area contributed by atoms with Gasteiger partial charge in [0.25, 0.3) is 0 Å². The summed E-state index contributed by atoms with van der Waals surface area (Å²) >= 11 is 3.20. The van der Waals surface area contributed by atoms with E-state index in [1.165, 1.54) is 11.5 Å². The molecule has 50 valence electrons. The summed E-state index contributed by atoms with van der Waals surface area (Å²) in [4.78, 5) is 0. The lowest BCUT2D eigenvalue weighted by molar-refractivity contribution is 0.972. The van der Waals surface area contributed by atoms with Crippen molar-refractivity contribution in [1.29, 1.82) is 0 Å². The third kappa shape index (κ3) is 1.66. The third-order valence-electron chi connectivity index (χ3n) is 1.15. The summed E-state index contributed by atoms with van der Waals surface area (Å²) in [6, 6.07) is 0. The molecule has 0 aliphatic rings. The van der Waals surface area contributed by atoms with Crippen LogP contribution in [0, 0.1) is 0 Å². The van der Waals surface area contributed by atoms with Crippen molar-refractivity contribution in [2.75, 3.05) is 6.26 Å². The van der Waals surface area contributed by atoms with Gasteiger partial charge >= 0.3 is 0 Å². The molecule has 1 atom stereocenters. The first kappa shape index (κ1) is 7.02. The Balaban J connectivity index is 2.65. The predicted molar refractivity (Wildman–Crippen MR) is 41.8 cm³/mol. The Hall–Kier alpha value is -0.0900. The fraction of sp³-hybridized carbons (Fsp3) is 0.600. The molecular weight excluding hydrogens is 152 g/mol. The zero-order valence-electron chi connectivity index (χ0n) is 5.37. The average Bonchev–Trinajstić information content (AvgIpc) is 2.37. The Morgan fingerprint density at radius 1 is 1.78 bits per heavy atom. The minimum absolute atomic E-state index is 0.490. The zero-order chi connectivity index (χ0) is 6.69. The van der Waals surface area contributed by atoms with Crippen LogP contribution in [0.5, 0.6) is 0 Å². The Labute approximate surface area is 62.8 Å². The number of nitrogens with zero attached hydrogens (tertiary/aromatic N) is 2. The van der Waals surface area contributed by atoms with Crippen LogP contribution in [0.2, 0.25) is 0 Å². The Morgan fingerprint density at radius 3 is 3.00 bits per heavy atom. The maximum absolute atomic E-state index is 3.93. The fourth-order valence-electron chi connectivity index (χ4n) is 0.470. The van der Waals surface area contributed by atoms with Crippen molar-refractivity contribution in [3.8, 4) is 0 Å². The molecule has 0 fully saturated rings. The number of thioether (sulfide) groups is 1. The minimum Gasteiger partial charge on any atom is -0.156 e. The molecule has 0 bridgehead atoms. The van der Waals surface area contributed by atoms with E-state index in [2.05, 4.69) is 22.8 Å². The fourth-order valence-corrected chi connectivity index (χ4v) is 1.46. The van der Waals surface area contributed by atoms with Gasteiger partial charge in [0.15, 0.2) is 0 Å². The highest BCUT2D eigenvalue weighted by molar-refractivity contribution is 7.98. The molecule has 1 aromatic heterocycles. The van der Waals surface area contributed by atoms with Crippen LogP contribution in [-0.4, -0.2) is 15.8 Å². The summed E-state index contributed by atoms with van der Waals surface area (Å²) in [6.07, 6.45) is 2.07. The van der Waals surface area contributed by atoms with Crippen LogP contribution in [0.3, 0.4) is 0 Å². The quantitative estimate of drug-likeness (QED) is 0.661. The van der Waals surface area contributed by atoms with E-state index in [9.17, 15) is 0 Å². The van der Waals surface area contributed by atoms with E-state index >= 15 is 0 Å². The first-order valence-electron chi connectivity index (χ1n) is 2.64. The van der Waals surface area contributed by atoms with Crippen LogP contribution in [0.25, 0.3) is 0 Å². The lowest BCUT2D eigenvalue weighted by atomic mass is 10.4. The standard InChI is InChI=1S/C5H8N2S2/c1-4(8-2)5-3-9-7-6-5/h3-4H,1-2H3. The van der Waals surface area contributed by atoms with E-state index in [4.69, 9.17) is 0 Å². The normalized spacial score (nSPS) is 13.6. The average molecular weight is 160 g/mol. The molecule has 0 spiro atoms. The molecule has 2 nitrogen and oxygen atoms in total. The lowest BCUT2D eigenvalue weighted by Gasteiger charge is -1.99.